The second-order valence-electron chi connectivity index (χ2n) is 4.01. The van der Waals surface area contributed by atoms with Gasteiger partial charge in [-0.1, -0.05) is 6.08 Å². The molecule has 0 saturated heterocycles. The zero-order valence-electron chi connectivity index (χ0n) is 9.98. The zero-order valence-corrected chi connectivity index (χ0v) is 12.1. The van der Waals surface area contributed by atoms with Gasteiger partial charge in [0, 0.05) is 18.2 Å². The van der Waals surface area contributed by atoms with E-state index in [0.29, 0.717) is 12.1 Å². The number of aromatic hydroxyl groups is 1. The number of amides is 1. The van der Waals surface area contributed by atoms with Crippen LogP contribution in [0.5, 0.6) is 5.75 Å². The summed E-state index contributed by atoms with van der Waals surface area (Å²) >= 11 is 2.02. The van der Waals surface area contributed by atoms with E-state index in [1.807, 2.05) is 36.4 Å². The standard InChI is InChI=1S/C13H16INO2/c1-4-7-15(9(2)3)13(17)10-5-6-11(14)12(16)8-10/h4-6,8-9,16H,1,7H2,2-3H3. The highest BCUT2D eigenvalue weighted by molar-refractivity contribution is 14.1. The van der Waals surface area contributed by atoms with Gasteiger partial charge in [0.15, 0.2) is 0 Å². The molecule has 0 aromatic heterocycles. The lowest BCUT2D eigenvalue weighted by Crippen LogP contribution is -2.37. The van der Waals surface area contributed by atoms with Gasteiger partial charge in [-0.05, 0) is 54.6 Å². The maximum absolute atomic E-state index is 12.2. The van der Waals surface area contributed by atoms with Crippen LogP contribution in [0.3, 0.4) is 0 Å². The lowest BCUT2D eigenvalue weighted by molar-refractivity contribution is 0.0728. The van der Waals surface area contributed by atoms with Crippen LogP contribution < -0.4 is 0 Å². The molecule has 1 amide bonds. The third-order valence-corrected chi connectivity index (χ3v) is 3.32. The van der Waals surface area contributed by atoms with Gasteiger partial charge in [0.05, 0.1) is 3.57 Å². The van der Waals surface area contributed by atoms with Crippen LogP contribution in [0.4, 0.5) is 0 Å². The second kappa shape index (κ2) is 6.05. The highest BCUT2D eigenvalue weighted by Gasteiger charge is 2.18. The molecule has 3 nitrogen and oxygen atoms in total. The summed E-state index contributed by atoms with van der Waals surface area (Å²) in [4.78, 5) is 13.9. The summed E-state index contributed by atoms with van der Waals surface area (Å²) in [5.74, 6) is 0.0466. The average molecular weight is 345 g/mol. The van der Waals surface area contributed by atoms with Crippen molar-refractivity contribution in [1.82, 2.24) is 4.90 Å². The fourth-order valence-electron chi connectivity index (χ4n) is 1.48. The van der Waals surface area contributed by atoms with E-state index in [1.165, 1.54) is 6.07 Å². The van der Waals surface area contributed by atoms with Crippen molar-refractivity contribution >= 4 is 28.5 Å². The van der Waals surface area contributed by atoms with Crippen molar-refractivity contribution in [1.29, 1.82) is 0 Å². The van der Waals surface area contributed by atoms with Gasteiger partial charge in [-0.3, -0.25) is 4.79 Å². The van der Waals surface area contributed by atoms with Gasteiger partial charge in [0.1, 0.15) is 5.75 Å². The molecular formula is C13H16INO2. The largest absolute Gasteiger partial charge is 0.507 e. The molecule has 17 heavy (non-hydrogen) atoms. The molecule has 0 bridgehead atoms. The number of rotatable bonds is 4. The van der Waals surface area contributed by atoms with E-state index in [1.54, 1.807) is 23.1 Å². The molecule has 92 valence electrons. The lowest BCUT2D eigenvalue weighted by Gasteiger charge is -2.25. The Morgan fingerprint density at radius 1 is 1.59 bits per heavy atom. The summed E-state index contributed by atoms with van der Waals surface area (Å²) in [5.41, 5.74) is 0.499. The molecule has 0 heterocycles. The first-order valence-electron chi connectivity index (χ1n) is 5.37. The van der Waals surface area contributed by atoms with Gasteiger partial charge < -0.3 is 10.0 Å². The van der Waals surface area contributed by atoms with Gasteiger partial charge in [-0.15, -0.1) is 6.58 Å². The molecule has 0 radical (unpaired) electrons. The fraction of sp³-hybridized carbons (Fsp3) is 0.308. The number of benzene rings is 1. The Bertz CT molecular complexity index is 429. The van der Waals surface area contributed by atoms with Gasteiger partial charge in [-0.25, -0.2) is 0 Å². The highest BCUT2D eigenvalue weighted by Crippen LogP contribution is 2.21. The molecule has 0 atom stereocenters. The Labute approximate surface area is 115 Å². The van der Waals surface area contributed by atoms with E-state index in [9.17, 15) is 9.90 Å². The van der Waals surface area contributed by atoms with Crippen LogP contribution in [-0.4, -0.2) is 28.5 Å². The Kier molecular flexibility index (Phi) is 4.99. The molecule has 0 spiro atoms. The first kappa shape index (κ1) is 14.0. The molecule has 1 N–H and O–H groups in total. The minimum Gasteiger partial charge on any atom is -0.507 e. The average Bonchev–Trinajstić information content (AvgIpc) is 2.28. The molecule has 1 aromatic rings. The van der Waals surface area contributed by atoms with E-state index >= 15 is 0 Å². The van der Waals surface area contributed by atoms with Crippen LogP contribution in [0.1, 0.15) is 24.2 Å². The van der Waals surface area contributed by atoms with Gasteiger partial charge >= 0.3 is 0 Å². The number of hydrogen-bond donors (Lipinski definition) is 1. The normalized spacial score (nSPS) is 10.4. The second-order valence-corrected chi connectivity index (χ2v) is 5.17. The van der Waals surface area contributed by atoms with Crippen LogP contribution in [0.25, 0.3) is 0 Å². The Hall–Kier alpha value is -1.04. The summed E-state index contributed by atoms with van der Waals surface area (Å²) in [6, 6.07) is 5.06. The van der Waals surface area contributed by atoms with Crippen molar-refractivity contribution in [3.8, 4) is 5.75 Å². The third kappa shape index (κ3) is 3.46. The SMILES string of the molecule is C=CCN(C(=O)c1ccc(I)c(O)c1)C(C)C. The van der Waals surface area contributed by atoms with Crippen molar-refractivity contribution in [3.05, 3.63) is 40.0 Å². The minimum absolute atomic E-state index is 0.0911. The van der Waals surface area contributed by atoms with E-state index in [0.717, 1.165) is 3.57 Å². The quantitative estimate of drug-likeness (QED) is 0.673. The van der Waals surface area contributed by atoms with Crippen LogP contribution in [0.15, 0.2) is 30.9 Å². The maximum atomic E-state index is 12.2. The molecule has 1 rings (SSSR count). The smallest absolute Gasteiger partial charge is 0.254 e. The van der Waals surface area contributed by atoms with Crippen LogP contribution >= 0.6 is 22.6 Å². The lowest BCUT2D eigenvalue weighted by atomic mass is 10.1. The summed E-state index contributed by atoms with van der Waals surface area (Å²) in [6.45, 7) is 8.05. The Balaban J connectivity index is 3.00. The van der Waals surface area contributed by atoms with Gasteiger partial charge in [0.25, 0.3) is 5.91 Å². The third-order valence-electron chi connectivity index (χ3n) is 2.40. The first-order chi connectivity index (χ1) is 7.97. The van der Waals surface area contributed by atoms with Crippen molar-refractivity contribution in [2.24, 2.45) is 0 Å². The summed E-state index contributed by atoms with van der Waals surface area (Å²) in [7, 11) is 0. The number of carbonyl (C=O) groups excluding carboxylic acids is 1. The molecule has 0 aliphatic rings. The molecule has 0 fully saturated rings. The van der Waals surface area contributed by atoms with E-state index < -0.39 is 0 Å². The van der Waals surface area contributed by atoms with Crippen molar-refractivity contribution < 1.29 is 9.90 Å². The number of halogens is 1. The van der Waals surface area contributed by atoms with Crippen LogP contribution in [-0.2, 0) is 0 Å². The topological polar surface area (TPSA) is 40.5 Å². The molecule has 0 saturated carbocycles. The Morgan fingerprint density at radius 2 is 2.24 bits per heavy atom. The van der Waals surface area contributed by atoms with E-state index in [-0.39, 0.29) is 17.7 Å². The monoisotopic (exact) mass is 345 g/mol. The number of phenolic OH excluding ortho intramolecular Hbond substituents is 1. The minimum atomic E-state index is -0.0911. The number of phenols is 1. The summed E-state index contributed by atoms with van der Waals surface area (Å²) < 4.78 is 0.735. The summed E-state index contributed by atoms with van der Waals surface area (Å²) in [6.07, 6.45) is 1.70. The number of hydrogen-bond acceptors (Lipinski definition) is 2. The van der Waals surface area contributed by atoms with Crippen molar-refractivity contribution in [2.45, 2.75) is 19.9 Å². The number of nitrogens with zero attached hydrogens (tertiary/aromatic N) is 1. The fourth-order valence-corrected chi connectivity index (χ4v) is 1.81. The van der Waals surface area contributed by atoms with Crippen molar-refractivity contribution in [3.63, 3.8) is 0 Å². The van der Waals surface area contributed by atoms with Gasteiger partial charge in [0.2, 0.25) is 0 Å². The summed E-state index contributed by atoms with van der Waals surface area (Å²) in [5, 5.41) is 9.60. The predicted molar refractivity (Wildman–Crippen MR) is 77.2 cm³/mol. The van der Waals surface area contributed by atoms with Gasteiger partial charge in [-0.2, -0.15) is 0 Å². The molecule has 1 aromatic carbocycles. The van der Waals surface area contributed by atoms with E-state index in [4.69, 9.17) is 0 Å². The molecule has 0 aliphatic heterocycles. The van der Waals surface area contributed by atoms with E-state index in [2.05, 4.69) is 6.58 Å². The van der Waals surface area contributed by atoms with Crippen molar-refractivity contribution in [2.75, 3.05) is 6.54 Å². The van der Waals surface area contributed by atoms with Crippen LogP contribution in [0, 0.1) is 3.57 Å². The zero-order chi connectivity index (χ0) is 13.0. The molecule has 4 heteroatoms. The molecule has 0 unspecified atom stereocenters. The Morgan fingerprint density at radius 3 is 2.71 bits per heavy atom. The van der Waals surface area contributed by atoms with Crippen LogP contribution in [0.2, 0.25) is 0 Å². The predicted octanol–water partition coefficient (Wildman–Crippen LogP) is 3.03. The molecule has 0 aliphatic carbocycles. The molecular weight excluding hydrogens is 329 g/mol. The first-order valence-corrected chi connectivity index (χ1v) is 6.45. The number of carbonyl (C=O) groups is 1. The maximum Gasteiger partial charge on any atom is 0.254 e. The highest BCUT2D eigenvalue weighted by atomic mass is 127.